The topological polar surface area (TPSA) is 21.3 Å². The molecule has 0 aliphatic carbocycles. The van der Waals surface area contributed by atoms with E-state index in [1.165, 1.54) is 0 Å². The Morgan fingerprint density at radius 1 is 1.00 bits per heavy atom. The summed E-state index contributed by atoms with van der Waals surface area (Å²) >= 11 is 0. The molecule has 112 valence electrons. The first kappa shape index (κ1) is 15.4. The molecule has 0 heterocycles. The SMILES string of the molecule is CC(NCC(F)F)c1ccc(OCc2ccccc2)cc1. The van der Waals surface area contributed by atoms with E-state index < -0.39 is 6.43 Å². The largest absolute Gasteiger partial charge is 0.489 e. The molecular weight excluding hydrogens is 272 g/mol. The van der Waals surface area contributed by atoms with E-state index in [0.29, 0.717) is 6.61 Å². The number of benzene rings is 2. The Labute approximate surface area is 123 Å². The van der Waals surface area contributed by atoms with Crippen LogP contribution in [0, 0.1) is 0 Å². The van der Waals surface area contributed by atoms with Crippen molar-refractivity contribution in [2.45, 2.75) is 26.0 Å². The second-order valence-corrected chi connectivity index (χ2v) is 4.86. The van der Waals surface area contributed by atoms with Crippen LogP contribution >= 0.6 is 0 Å². The first-order chi connectivity index (χ1) is 10.1. The van der Waals surface area contributed by atoms with Crippen molar-refractivity contribution in [3.8, 4) is 5.75 Å². The van der Waals surface area contributed by atoms with Gasteiger partial charge in [-0.05, 0) is 30.2 Å². The van der Waals surface area contributed by atoms with Gasteiger partial charge in [-0.1, -0.05) is 42.5 Å². The summed E-state index contributed by atoms with van der Waals surface area (Å²) < 4.78 is 30.0. The molecule has 1 N–H and O–H groups in total. The van der Waals surface area contributed by atoms with E-state index in [4.69, 9.17) is 4.74 Å². The maximum atomic E-state index is 12.2. The molecule has 2 aromatic carbocycles. The van der Waals surface area contributed by atoms with Crippen LogP contribution in [0.2, 0.25) is 0 Å². The zero-order valence-electron chi connectivity index (χ0n) is 11.9. The first-order valence-corrected chi connectivity index (χ1v) is 6.93. The Balaban J connectivity index is 1.87. The summed E-state index contributed by atoms with van der Waals surface area (Å²) in [7, 11) is 0. The fourth-order valence-corrected chi connectivity index (χ4v) is 1.98. The monoisotopic (exact) mass is 291 g/mol. The van der Waals surface area contributed by atoms with Gasteiger partial charge in [0.2, 0.25) is 0 Å². The lowest BCUT2D eigenvalue weighted by molar-refractivity contribution is 0.142. The van der Waals surface area contributed by atoms with Gasteiger partial charge in [0, 0.05) is 6.04 Å². The first-order valence-electron chi connectivity index (χ1n) is 6.93. The molecule has 0 aliphatic heterocycles. The highest BCUT2D eigenvalue weighted by Crippen LogP contribution is 2.18. The van der Waals surface area contributed by atoms with E-state index in [1.54, 1.807) is 0 Å². The third-order valence-electron chi connectivity index (χ3n) is 3.21. The van der Waals surface area contributed by atoms with E-state index in [0.717, 1.165) is 16.9 Å². The third-order valence-corrected chi connectivity index (χ3v) is 3.21. The molecule has 0 amide bonds. The molecule has 2 rings (SSSR count). The number of ether oxygens (including phenoxy) is 1. The van der Waals surface area contributed by atoms with Gasteiger partial charge < -0.3 is 10.1 Å². The van der Waals surface area contributed by atoms with Gasteiger partial charge >= 0.3 is 0 Å². The maximum Gasteiger partial charge on any atom is 0.250 e. The van der Waals surface area contributed by atoms with Crippen LogP contribution in [-0.2, 0) is 6.61 Å². The molecule has 0 bridgehead atoms. The summed E-state index contributed by atoms with van der Waals surface area (Å²) in [5.41, 5.74) is 2.07. The Kier molecular flexibility index (Phi) is 5.69. The number of nitrogens with one attached hydrogen (secondary N) is 1. The lowest BCUT2D eigenvalue weighted by Crippen LogP contribution is -2.24. The lowest BCUT2D eigenvalue weighted by Gasteiger charge is -2.14. The van der Waals surface area contributed by atoms with Gasteiger partial charge in [-0.3, -0.25) is 0 Å². The van der Waals surface area contributed by atoms with Crippen molar-refractivity contribution in [1.29, 1.82) is 0 Å². The minimum absolute atomic E-state index is 0.109. The number of halogens is 2. The highest BCUT2D eigenvalue weighted by atomic mass is 19.3. The second kappa shape index (κ2) is 7.74. The summed E-state index contributed by atoms with van der Waals surface area (Å²) in [6.07, 6.45) is -2.33. The minimum Gasteiger partial charge on any atom is -0.489 e. The quantitative estimate of drug-likeness (QED) is 0.826. The van der Waals surface area contributed by atoms with E-state index >= 15 is 0 Å². The highest BCUT2D eigenvalue weighted by Gasteiger charge is 2.08. The van der Waals surface area contributed by atoms with Crippen LogP contribution in [0.1, 0.15) is 24.1 Å². The fourth-order valence-electron chi connectivity index (χ4n) is 1.98. The van der Waals surface area contributed by atoms with Crippen molar-refractivity contribution < 1.29 is 13.5 Å². The fraction of sp³-hybridized carbons (Fsp3) is 0.294. The summed E-state index contributed by atoms with van der Waals surface area (Å²) in [5.74, 6) is 0.767. The average Bonchev–Trinajstić information content (AvgIpc) is 2.52. The second-order valence-electron chi connectivity index (χ2n) is 4.86. The van der Waals surface area contributed by atoms with Gasteiger partial charge in [0.1, 0.15) is 12.4 Å². The lowest BCUT2D eigenvalue weighted by atomic mass is 10.1. The molecule has 0 aliphatic rings. The molecule has 0 saturated heterocycles. The summed E-state index contributed by atoms with van der Waals surface area (Å²) in [6, 6.07) is 17.3. The Morgan fingerprint density at radius 2 is 1.67 bits per heavy atom. The number of rotatable bonds is 7. The van der Waals surface area contributed by atoms with Crippen LogP contribution in [0.3, 0.4) is 0 Å². The number of hydrogen-bond acceptors (Lipinski definition) is 2. The average molecular weight is 291 g/mol. The van der Waals surface area contributed by atoms with E-state index in [9.17, 15) is 8.78 Å². The highest BCUT2D eigenvalue weighted by molar-refractivity contribution is 5.29. The number of alkyl halides is 2. The van der Waals surface area contributed by atoms with Crippen LogP contribution < -0.4 is 10.1 Å². The van der Waals surface area contributed by atoms with Crippen molar-refractivity contribution in [3.05, 3.63) is 65.7 Å². The molecule has 0 fully saturated rings. The Hall–Kier alpha value is -1.94. The van der Waals surface area contributed by atoms with Crippen molar-refractivity contribution >= 4 is 0 Å². The molecule has 0 aromatic heterocycles. The normalized spacial score (nSPS) is 12.4. The molecule has 1 unspecified atom stereocenters. The molecular formula is C17H19F2NO. The van der Waals surface area contributed by atoms with Crippen molar-refractivity contribution in [2.75, 3.05) is 6.54 Å². The van der Waals surface area contributed by atoms with Gasteiger partial charge in [-0.15, -0.1) is 0 Å². The predicted molar refractivity (Wildman–Crippen MR) is 79.6 cm³/mol. The Morgan fingerprint density at radius 3 is 2.29 bits per heavy atom. The number of hydrogen-bond donors (Lipinski definition) is 1. The Bertz CT molecular complexity index is 528. The molecule has 2 aromatic rings. The van der Waals surface area contributed by atoms with Crippen LogP contribution in [0.15, 0.2) is 54.6 Å². The summed E-state index contributed by atoms with van der Waals surface area (Å²) in [5, 5.41) is 2.78. The zero-order valence-corrected chi connectivity index (χ0v) is 11.9. The molecule has 4 heteroatoms. The summed E-state index contributed by atoms with van der Waals surface area (Å²) in [6.45, 7) is 2.08. The zero-order chi connectivity index (χ0) is 15.1. The van der Waals surface area contributed by atoms with Gasteiger partial charge in [0.25, 0.3) is 6.43 Å². The van der Waals surface area contributed by atoms with E-state index in [2.05, 4.69) is 5.32 Å². The minimum atomic E-state index is -2.33. The van der Waals surface area contributed by atoms with Crippen LogP contribution in [0.4, 0.5) is 8.78 Å². The predicted octanol–water partition coefficient (Wildman–Crippen LogP) is 4.18. The van der Waals surface area contributed by atoms with Crippen molar-refractivity contribution in [1.82, 2.24) is 5.32 Å². The molecule has 0 spiro atoms. The summed E-state index contributed by atoms with van der Waals surface area (Å²) in [4.78, 5) is 0. The third kappa shape index (κ3) is 5.16. The molecule has 2 nitrogen and oxygen atoms in total. The molecule has 1 atom stereocenters. The van der Waals surface area contributed by atoms with Gasteiger partial charge in [-0.25, -0.2) is 8.78 Å². The van der Waals surface area contributed by atoms with Gasteiger partial charge in [0.15, 0.2) is 0 Å². The molecule has 0 radical (unpaired) electrons. The van der Waals surface area contributed by atoms with E-state index in [1.807, 2.05) is 61.5 Å². The molecule has 0 saturated carbocycles. The van der Waals surface area contributed by atoms with Gasteiger partial charge in [-0.2, -0.15) is 0 Å². The maximum absolute atomic E-state index is 12.2. The van der Waals surface area contributed by atoms with Crippen LogP contribution in [0.5, 0.6) is 5.75 Å². The smallest absolute Gasteiger partial charge is 0.250 e. The van der Waals surface area contributed by atoms with Crippen molar-refractivity contribution in [2.24, 2.45) is 0 Å². The standard InChI is InChI=1S/C17H19F2NO/c1-13(20-11-17(18)19)15-7-9-16(10-8-15)21-12-14-5-3-2-4-6-14/h2-10,13,17,20H,11-12H2,1H3. The van der Waals surface area contributed by atoms with Crippen molar-refractivity contribution in [3.63, 3.8) is 0 Å². The van der Waals surface area contributed by atoms with E-state index in [-0.39, 0.29) is 12.6 Å². The molecule has 21 heavy (non-hydrogen) atoms. The van der Waals surface area contributed by atoms with Gasteiger partial charge in [0.05, 0.1) is 6.54 Å². The van der Waals surface area contributed by atoms with Crippen LogP contribution in [0.25, 0.3) is 0 Å². The van der Waals surface area contributed by atoms with Crippen LogP contribution in [-0.4, -0.2) is 13.0 Å².